The fourth-order valence-corrected chi connectivity index (χ4v) is 2.02. The van der Waals surface area contributed by atoms with Crippen LogP contribution in [-0.2, 0) is 4.79 Å². The van der Waals surface area contributed by atoms with Gasteiger partial charge in [-0.25, -0.2) is 0 Å². The minimum absolute atomic E-state index is 0.0340. The van der Waals surface area contributed by atoms with E-state index in [1.807, 2.05) is 24.3 Å². The van der Waals surface area contributed by atoms with Gasteiger partial charge >= 0.3 is 0 Å². The maximum Gasteiger partial charge on any atom is 0.268 e. The van der Waals surface area contributed by atoms with Gasteiger partial charge in [-0.2, -0.15) is 0 Å². The van der Waals surface area contributed by atoms with Crippen LogP contribution in [0, 0.1) is 0 Å². The largest absolute Gasteiger partial charge is 0.353 e. The van der Waals surface area contributed by atoms with E-state index in [4.69, 9.17) is 0 Å². The molecule has 2 aliphatic heterocycles. The monoisotopic (exact) mass is 201 g/mol. The molecule has 0 aliphatic carbocycles. The maximum atomic E-state index is 11.7. The molecule has 1 amide bonds. The number of nitrogens with one attached hydrogen (secondary N) is 2. The Hall–Kier alpha value is -1.84. The van der Waals surface area contributed by atoms with E-state index in [9.17, 15) is 4.79 Å². The molecule has 1 fully saturated rings. The highest BCUT2D eigenvalue weighted by molar-refractivity contribution is 5.99. The van der Waals surface area contributed by atoms with Crippen LogP contribution in [0.4, 0.5) is 5.69 Å². The van der Waals surface area contributed by atoms with Crippen molar-refractivity contribution in [2.75, 3.05) is 11.9 Å². The second-order valence-corrected chi connectivity index (χ2v) is 3.84. The van der Waals surface area contributed by atoms with Crippen molar-refractivity contribution in [1.29, 1.82) is 0 Å². The third kappa shape index (κ3) is 1.14. The van der Waals surface area contributed by atoms with E-state index >= 15 is 0 Å². The molecule has 2 N–H and O–H groups in total. The second kappa shape index (κ2) is 2.82. The molecule has 1 saturated heterocycles. The first kappa shape index (κ1) is 8.47. The molecule has 1 unspecified atom stereocenters. The van der Waals surface area contributed by atoms with Crippen LogP contribution in [0.3, 0.4) is 0 Å². The van der Waals surface area contributed by atoms with Gasteiger partial charge in [0.15, 0.2) is 0 Å². The van der Waals surface area contributed by atoms with E-state index in [-0.39, 0.29) is 5.91 Å². The molecule has 2 aliphatic rings. The standard InChI is InChI=1S/C11H11N3O/c15-10-11(5-6-12-10)13-7-8-3-1-2-4-9(8)14-11/h1-4,7,14H,5-6H2,(H,12,15). The molecule has 76 valence electrons. The summed E-state index contributed by atoms with van der Waals surface area (Å²) in [7, 11) is 0. The van der Waals surface area contributed by atoms with Gasteiger partial charge in [-0.05, 0) is 6.07 Å². The molecule has 0 bridgehead atoms. The number of fused-ring (bicyclic) bond motifs is 1. The SMILES string of the molecule is O=C1NCCC12N=Cc1ccccc1N2. The summed E-state index contributed by atoms with van der Waals surface area (Å²) in [5.41, 5.74) is 1.25. The van der Waals surface area contributed by atoms with Crippen LogP contribution >= 0.6 is 0 Å². The van der Waals surface area contributed by atoms with Gasteiger partial charge in [-0.3, -0.25) is 9.79 Å². The number of carbonyl (C=O) groups is 1. The first-order chi connectivity index (χ1) is 7.30. The van der Waals surface area contributed by atoms with Gasteiger partial charge < -0.3 is 10.6 Å². The van der Waals surface area contributed by atoms with Crippen molar-refractivity contribution in [3.63, 3.8) is 0 Å². The summed E-state index contributed by atoms with van der Waals surface area (Å²) >= 11 is 0. The fourth-order valence-electron chi connectivity index (χ4n) is 2.02. The molecule has 0 saturated carbocycles. The van der Waals surface area contributed by atoms with Crippen LogP contribution in [0.15, 0.2) is 29.3 Å². The molecule has 0 radical (unpaired) electrons. The number of aliphatic imine (C=N–C) groups is 1. The number of nitrogens with zero attached hydrogens (tertiary/aromatic N) is 1. The highest BCUT2D eigenvalue weighted by Gasteiger charge is 2.43. The number of para-hydroxylation sites is 1. The summed E-state index contributed by atoms with van der Waals surface area (Å²) in [4.78, 5) is 16.0. The Morgan fingerprint density at radius 3 is 3.00 bits per heavy atom. The minimum atomic E-state index is -0.756. The van der Waals surface area contributed by atoms with E-state index in [1.165, 1.54) is 0 Å². The van der Waals surface area contributed by atoms with Crippen LogP contribution in [0.2, 0.25) is 0 Å². The average molecular weight is 201 g/mol. The third-order valence-electron chi connectivity index (χ3n) is 2.87. The van der Waals surface area contributed by atoms with Gasteiger partial charge in [0.2, 0.25) is 5.66 Å². The van der Waals surface area contributed by atoms with E-state index in [2.05, 4.69) is 15.6 Å². The lowest BCUT2D eigenvalue weighted by molar-refractivity contribution is -0.122. The van der Waals surface area contributed by atoms with Gasteiger partial charge in [0, 0.05) is 30.4 Å². The number of hydrogen-bond donors (Lipinski definition) is 2. The zero-order valence-corrected chi connectivity index (χ0v) is 8.16. The summed E-state index contributed by atoms with van der Waals surface area (Å²) in [6.45, 7) is 0.686. The Bertz CT molecular complexity index is 455. The highest BCUT2D eigenvalue weighted by atomic mass is 16.2. The molecule has 1 aromatic rings. The lowest BCUT2D eigenvalue weighted by atomic mass is 10.0. The van der Waals surface area contributed by atoms with Crippen molar-refractivity contribution >= 4 is 17.8 Å². The zero-order valence-electron chi connectivity index (χ0n) is 8.16. The van der Waals surface area contributed by atoms with Crippen LogP contribution in [0.25, 0.3) is 0 Å². The summed E-state index contributed by atoms with van der Waals surface area (Å²) in [6, 6.07) is 7.85. The predicted molar refractivity (Wildman–Crippen MR) is 58.0 cm³/mol. The van der Waals surface area contributed by atoms with Crippen LogP contribution in [0.5, 0.6) is 0 Å². The topological polar surface area (TPSA) is 53.5 Å². The Kier molecular flexibility index (Phi) is 1.59. The molecule has 1 aromatic carbocycles. The second-order valence-electron chi connectivity index (χ2n) is 3.84. The minimum Gasteiger partial charge on any atom is -0.353 e. The lowest BCUT2D eigenvalue weighted by Gasteiger charge is -2.28. The molecule has 15 heavy (non-hydrogen) atoms. The van der Waals surface area contributed by atoms with Crippen LogP contribution in [-0.4, -0.2) is 24.3 Å². The molecular weight excluding hydrogens is 190 g/mol. The van der Waals surface area contributed by atoms with Crippen molar-refractivity contribution in [3.05, 3.63) is 29.8 Å². The van der Waals surface area contributed by atoms with Gasteiger partial charge in [0.05, 0.1) is 0 Å². The number of benzene rings is 1. The van der Waals surface area contributed by atoms with Gasteiger partial charge in [0.25, 0.3) is 5.91 Å². The maximum absolute atomic E-state index is 11.7. The molecule has 1 spiro atoms. The summed E-state index contributed by atoms with van der Waals surface area (Å²) < 4.78 is 0. The first-order valence-corrected chi connectivity index (χ1v) is 5.01. The zero-order chi connectivity index (χ0) is 10.3. The van der Waals surface area contributed by atoms with Crippen molar-refractivity contribution in [2.45, 2.75) is 12.1 Å². The van der Waals surface area contributed by atoms with Gasteiger partial charge in [-0.1, -0.05) is 18.2 Å². The highest BCUT2D eigenvalue weighted by Crippen LogP contribution is 2.29. The lowest BCUT2D eigenvalue weighted by Crippen LogP contribution is -2.45. The Morgan fingerprint density at radius 1 is 1.33 bits per heavy atom. The third-order valence-corrected chi connectivity index (χ3v) is 2.87. The number of rotatable bonds is 0. The molecule has 3 rings (SSSR count). The van der Waals surface area contributed by atoms with Crippen LogP contribution in [0.1, 0.15) is 12.0 Å². The molecular formula is C11H11N3O. The van der Waals surface area contributed by atoms with E-state index in [0.29, 0.717) is 13.0 Å². The first-order valence-electron chi connectivity index (χ1n) is 5.01. The van der Waals surface area contributed by atoms with Crippen LogP contribution < -0.4 is 10.6 Å². The number of carbonyl (C=O) groups excluding carboxylic acids is 1. The Morgan fingerprint density at radius 2 is 2.20 bits per heavy atom. The van der Waals surface area contributed by atoms with Crippen molar-refractivity contribution in [3.8, 4) is 0 Å². The summed E-state index contributed by atoms with van der Waals surface area (Å²) in [5.74, 6) is -0.0340. The van der Waals surface area contributed by atoms with Gasteiger partial charge in [-0.15, -0.1) is 0 Å². The normalized spacial score (nSPS) is 27.3. The van der Waals surface area contributed by atoms with E-state index in [1.54, 1.807) is 6.21 Å². The van der Waals surface area contributed by atoms with Crippen molar-refractivity contribution in [2.24, 2.45) is 4.99 Å². The number of amides is 1. The van der Waals surface area contributed by atoms with E-state index in [0.717, 1.165) is 11.3 Å². The van der Waals surface area contributed by atoms with Gasteiger partial charge in [0.1, 0.15) is 0 Å². The fraction of sp³-hybridized carbons (Fsp3) is 0.273. The molecule has 4 nitrogen and oxygen atoms in total. The number of anilines is 1. The Balaban J connectivity index is 2.05. The number of hydrogen-bond acceptors (Lipinski definition) is 3. The van der Waals surface area contributed by atoms with E-state index < -0.39 is 5.66 Å². The van der Waals surface area contributed by atoms with Crippen molar-refractivity contribution in [1.82, 2.24) is 5.32 Å². The van der Waals surface area contributed by atoms with Crippen molar-refractivity contribution < 1.29 is 4.79 Å². The molecule has 2 heterocycles. The summed E-state index contributed by atoms with van der Waals surface area (Å²) in [6.07, 6.45) is 2.48. The smallest absolute Gasteiger partial charge is 0.268 e. The molecule has 0 aromatic heterocycles. The average Bonchev–Trinajstić information content (AvgIpc) is 2.60. The molecule has 1 atom stereocenters. The Labute approximate surface area is 87.4 Å². The molecule has 4 heteroatoms. The predicted octanol–water partition coefficient (Wildman–Crippen LogP) is 0.747. The quantitative estimate of drug-likeness (QED) is 0.650. The summed E-state index contributed by atoms with van der Waals surface area (Å²) in [5, 5.41) is 6.01.